The van der Waals surface area contributed by atoms with E-state index in [9.17, 15) is 18.4 Å². The van der Waals surface area contributed by atoms with Crippen molar-refractivity contribution in [1.29, 1.82) is 0 Å². The van der Waals surface area contributed by atoms with Gasteiger partial charge in [-0.2, -0.15) is 0 Å². The zero-order valence-corrected chi connectivity index (χ0v) is 24.6. The number of ether oxygens (including phenoxy) is 3. The van der Waals surface area contributed by atoms with E-state index < -0.39 is 29.9 Å². The highest BCUT2D eigenvalue weighted by atomic mass is 19.1. The molecule has 8 nitrogen and oxygen atoms in total. The molecule has 10 heteroatoms. The molecule has 226 valence electrons. The maximum absolute atomic E-state index is 14.0. The number of hydrogen-bond donors (Lipinski definition) is 0. The highest BCUT2D eigenvalue weighted by Crippen LogP contribution is 2.44. The van der Waals surface area contributed by atoms with Crippen molar-refractivity contribution >= 4 is 17.9 Å². The monoisotopic (exact) mass is 591 g/mol. The Labute approximate surface area is 249 Å². The number of aryl methyl sites for hydroxylation is 1. The van der Waals surface area contributed by atoms with Crippen LogP contribution in [0.2, 0.25) is 0 Å². The number of carbonyl (C=O) groups excluding carboxylic acids is 2. The van der Waals surface area contributed by atoms with Crippen LogP contribution in [0.25, 0.3) is 11.1 Å². The van der Waals surface area contributed by atoms with Crippen LogP contribution in [0.5, 0.6) is 5.75 Å². The van der Waals surface area contributed by atoms with Crippen LogP contribution in [0, 0.1) is 11.6 Å². The van der Waals surface area contributed by atoms with Crippen LogP contribution in [0.3, 0.4) is 0 Å². The highest BCUT2D eigenvalue weighted by molar-refractivity contribution is 5.78. The van der Waals surface area contributed by atoms with Gasteiger partial charge in [-0.25, -0.2) is 18.6 Å². The molecule has 3 aromatic rings. The first-order chi connectivity index (χ1) is 20.7. The van der Waals surface area contributed by atoms with Crippen molar-refractivity contribution in [3.63, 3.8) is 0 Å². The third kappa shape index (κ3) is 5.62. The van der Waals surface area contributed by atoms with Gasteiger partial charge in [-0.05, 0) is 86.6 Å². The number of esters is 1. The van der Waals surface area contributed by atoms with Crippen LogP contribution in [0.4, 0.5) is 19.4 Å². The average Bonchev–Trinajstić information content (AvgIpc) is 3.46. The summed E-state index contributed by atoms with van der Waals surface area (Å²) >= 11 is 0. The summed E-state index contributed by atoms with van der Waals surface area (Å²) < 4.78 is 44.7. The number of rotatable bonds is 9. The minimum Gasteiger partial charge on any atom is -0.496 e. The first-order valence-electron chi connectivity index (χ1n) is 14.8. The van der Waals surface area contributed by atoms with Crippen molar-refractivity contribution in [3.8, 4) is 16.9 Å². The summed E-state index contributed by atoms with van der Waals surface area (Å²) in [5.41, 5.74) is 4.76. The number of cyclic esters (lactones) is 1. The van der Waals surface area contributed by atoms with Gasteiger partial charge >= 0.3 is 12.1 Å². The molecule has 2 fully saturated rings. The summed E-state index contributed by atoms with van der Waals surface area (Å²) in [7, 11) is 1.63. The molecule has 2 aromatic carbocycles. The fraction of sp³-hybridized carbons (Fsp3) is 0.424. The molecule has 0 bridgehead atoms. The molecule has 1 aliphatic carbocycles. The number of carbonyl (C=O) groups is 2. The van der Waals surface area contributed by atoms with Gasteiger partial charge in [0.2, 0.25) is 0 Å². The van der Waals surface area contributed by atoms with Gasteiger partial charge in [0.05, 0.1) is 38.4 Å². The Bertz CT molecular complexity index is 1540. The van der Waals surface area contributed by atoms with Gasteiger partial charge in [0.25, 0.3) is 0 Å². The Morgan fingerprint density at radius 2 is 1.86 bits per heavy atom. The van der Waals surface area contributed by atoms with Gasteiger partial charge in [-0.3, -0.25) is 9.69 Å². The third-order valence-electron chi connectivity index (χ3n) is 8.74. The predicted octanol–water partition coefficient (Wildman–Crippen LogP) is 6.31. The zero-order chi connectivity index (χ0) is 30.2. The first-order valence-corrected chi connectivity index (χ1v) is 14.8. The molecule has 3 atom stereocenters. The number of fused-ring (bicyclic) bond motifs is 1. The number of amides is 1. The van der Waals surface area contributed by atoms with Crippen molar-refractivity contribution in [2.75, 3.05) is 31.7 Å². The quantitative estimate of drug-likeness (QED) is 0.270. The summed E-state index contributed by atoms with van der Waals surface area (Å²) in [4.78, 5) is 34.2. The van der Waals surface area contributed by atoms with Gasteiger partial charge in [0, 0.05) is 35.8 Å². The summed E-state index contributed by atoms with van der Waals surface area (Å²) in [6.07, 6.45) is 1.66. The fourth-order valence-electron chi connectivity index (χ4n) is 6.37. The molecule has 3 heterocycles. The molecule has 43 heavy (non-hydrogen) atoms. The normalized spacial score (nSPS) is 21.0. The molecule has 0 spiro atoms. The van der Waals surface area contributed by atoms with Gasteiger partial charge in [-0.1, -0.05) is 0 Å². The number of nitrogens with zero attached hydrogens (tertiary/aromatic N) is 3. The van der Waals surface area contributed by atoms with Crippen LogP contribution in [-0.4, -0.2) is 54.8 Å². The second-order valence-corrected chi connectivity index (χ2v) is 11.4. The molecule has 0 N–H and O–H groups in total. The maximum Gasteiger partial charge on any atom is 0.411 e. The van der Waals surface area contributed by atoms with Crippen LogP contribution in [-0.2, 0) is 27.2 Å². The summed E-state index contributed by atoms with van der Waals surface area (Å²) in [5, 5.41) is 0. The van der Waals surface area contributed by atoms with Crippen molar-refractivity contribution in [3.05, 3.63) is 76.5 Å². The van der Waals surface area contributed by atoms with Gasteiger partial charge < -0.3 is 19.1 Å². The van der Waals surface area contributed by atoms with Crippen molar-refractivity contribution in [1.82, 2.24) is 9.88 Å². The molecular formula is C33H35F2N3O5. The van der Waals surface area contributed by atoms with Crippen molar-refractivity contribution < 1.29 is 32.6 Å². The van der Waals surface area contributed by atoms with Crippen LogP contribution < -0.4 is 9.64 Å². The molecule has 2 saturated heterocycles. The number of halogens is 2. The molecule has 6 rings (SSSR count). The number of anilines is 1. The van der Waals surface area contributed by atoms with E-state index in [-0.39, 0.29) is 24.0 Å². The maximum atomic E-state index is 14.0. The molecule has 0 unspecified atom stereocenters. The minimum absolute atomic E-state index is 0.0384. The minimum atomic E-state index is -0.835. The number of methoxy groups -OCH3 is 1. The SMILES string of the molecule is CCOC(=O)C[C@@H]1CCc2cc(OC)c(-c3ccc(N4CCC4)nc3CN3C(=O)O[C@H](c4cc(F)cc(F)c4)[C@@H]3C)cc21. The summed E-state index contributed by atoms with van der Waals surface area (Å²) in [6, 6.07) is 10.8. The lowest BCUT2D eigenvalue weighted by molar-refractivity contribution is -0.143. The van der Waals surface area contributed by atoms with E-state index in [1.54, 1.807) is 25.9 Å². The number of hydrogen-bond acceptors (Lipinski definition) is 7. The Hall–Kier alpha value is -4.21. The molecule has 3 aliphatic rings. The van der Waals surface area contributed by atoms with Crippen LogP contribution >= 0.6 is 0 Å². The Morgan fingerprint density at radius 3 is 2.53 bits per heavy atom. The fourth-order valence-corrected chi connectivity index (χ4v) is 6.37. The topological polar surface area (TPSA) is 81.2 Å². The van der Waals surface area contributed by atoms with Crippen molar-refractivity contribution in [2.45, 2.75) is 64.1 Å². The summed E-state index contributed by atoms with van der Waals surface area (Å²) in [5.74, 6) is -0.139. The molecule has 2 aliphatic heterocycles. The van der Waals surface area contributed by atoms with Gasteiger partial charge in [0.15, 0.2) is 0 Å². The molecule has 0 saturated carbocycles. The predicted molar refractivity (Wildman–Crippen MR) is 156 cm³/mol. The van der Waals surface area contributed by atoms with E-state index >= 15 is 0 Å². The molecule has 1 amide bonds. The lowest BCUT2D eigenvalue weighted by Crippen LogP contribution is -2.38. The number of aromatic nitrogens is 1. The average molecular weight is 592 g/mol. The lowest BCUT2D eigenvalue weighted by Gasteiger charge is -2.33. The first kappa shape index (κ1) is 28.9. The van der Waals surface area contributed by atoms with E-state index in [0.29, 0.717) is 24.5 Å². The molecule has 1 aromatic heterocycles. The standard InChI is InChI=1S/C33H35F2N3O5/c1-4-42-31(39)15-21-7-6-20-14-29(41-3)27(17-26(20)21)25-8-9-30(37-10-5-11-37)36-28(25)18-38-19(2)32(43-33(38)40)22-12-23(34)16-24(35)13-22/h8-9,12-14,16-17,19,21,32H,4-7,10-11,15,18H2,1-3H3/t19-,21-,32-/m0/s1. The molecular weight excluding hydrogens is 556 g/mol. The van der Waals surface area contributed by atoms with E-state index in [4.69, 9.17) is 19.2 Å². The Morgan fingerprint density at radius 1 is 1.09 bits per heavy atom. The number of pyridine rings is 1. The van der Waals surface area contributed by atoms with E-state index in [2.05, 4.69) is 11.0 Å². The smallest absolute Gasteiger partial charge is 0.411 e. The van der Waals surface area contributed by atoms with E-state index in [0.717, 1.165) is 66.5 Å². The Kier molecular flexibility index (Phi) is 7.94. The van der Waals surface area contributed by atoms with Gasteiger partial charge in [-0.15, -0.1) is 0 Å². The zero-order valence-electron chi connectivity index (χ0n) is 24.6. The second-order valence-electron chi connectivity index (χ2n) is 11.4. The van der Waals surface area contributed by atoms with Crippen LogP contribution in [0.1, 0.15) is 67.5 Å². The Balaban J connectivity index is 1.37. The number of benzene rings is 2. The van der Waals surface area contributed by atoms with E-state index in [1.807, 2.05) is 18.2 Å². The highest BCUT2D eigenvalue weighted by Gasteiger charge is 2.41. The van der Waals surface area contributed by atoms with Crippen molar-refractivity contribution in [2.24, 2.45) is 0 Å². The van der Waals surface area contributed by atoms with Crippen LogP contribution in [0.15, 0.2) is 42.5 Å². The second kappa shape index (κ2) is 11.8. The van der Waals surface area contributed by atoms with E-state index in [1.165, 1.54) is 12.1 Å². The van der Waals surface area contributed by atoms with Gasteiger partial charge in [0.1, 0.15) is 29.3 Å². The summed E-state index contributed by atoms with van der Waals surface area (Å²) in [6.45, 7) is 5.87. The largest absolute Gasteiger partial charge is 0.496 e. The third-order valence-corrected chi connectivity index (χ3v) is 8.74. The molecule has 0 radical (unpaired) electrons. The lowest BCUT2D eigenvalue weighted by atomic mass is 9.92.